The number of nitrogens with one attached hydrogen (secondary N) is 1. The Labute approximate surface area is 172 Å². The molecule has 0 amide bonds. The molecule has 0 radical (unpaired) electrons. The second-order valence-electron chi connectivity index (χ2n) is 6.79. The van der Waals surface area contributed by atoms with E-state index in [1.807, 2.05) is 55.7 Å². The van der Waals surface area contributed by atoms with E-state index in [0.717, 1.165) is 28.3 Å². The van der Waals surface area contributed by atoms with E-state index in [9.17, 15) is 0 Å². The van der Waals surface area contributed by atoms with Crippen LogP contribution < -0.4 is 5.32 Å². The largest absolute Gasteiger partial charge is 0.340 e. The van der Waals surface area contributed by atoms with Crippen molar-refractivity contribution >= 4 is 32.9 Å². The predicted octanol–water partition coefficient (Wildman–Crippen LogP) is 6.47. The number of aryl methyl sites for hydroxylation is 1. The molecular weight excluding hydrogens is 376 g/mol. The lowest BCUT2D eigenvalue weighted by Gasteiger charge is -2.09. The molecule has 3 heterocycles. The molecular formula is C24H18N4S. The number of para-hydroxylation sites is 1. The van der Waals surface area contributed by atoms with E-state index < -0.39 is 0 Å². The number of hydrogen-bond donors (Lipinski definition) is 1. The molecule has 0 bridgehead atoms. The first-order valence-corrected chi connectivity index (χ1v) is 10.2. The van der Waals surface area contributed by atoms with Crippen LogP contribution in [-0.4, -0.2) is 15.0 Å². The highest BCUT2D eigenvalue weighted by molar-refractivity contribution is 7.22. The first-order chi connectivity index (χ1) is 14.2. The van der Waals surface area contributed by atoms with Gasteiger partial charge in [0.05, 0.1) is 5.69 Å². The van der Waals surface area contributed by atoms with E-state index in [2.05, 4.69) is 56.7 Å². The van der Waals surface area contributed by atoms with Gasteiger partial charge in [-0.1, -0.05) is 36.4 Å². The highest BCUT2D eigenvalue weighted by Crippen LogP contribution is 2.34. The van der Waals surface area contributed by atoms with E-state index in [1.165, 1.54) is 15.0 Å². The van der Waals surface area contributed by atoms with Crippen molar-refractivity contribution in [2.24, 2.45) is 0 Å². The van der Waals surface area contributed by atoms with Crippen LogP contribution in [0.4, 0.5) is 11.5 Å². The van der Waals surface area contributed by atoms with Crippen LogP contribution >= 0.6 is 11.3 Å². The van der Waals surface area contributed by atoms with Crippen LogP contribution in [0.2, 0.25) is 0 Å². The van der Waals surface area contributed by atoms with Crippen molar-refractivity contribution in [2.45, 2.75) is 6.92 Å². The average Bonchev–Trinajstić information content (AvgIpc) is 3.19. The average molecular weight is 395 g/mol. The van der Waals surface area contributed by atoms with Crippen molar-refractivity contribution in [3.8, 4) is 21.7 Å². The fourth-order valence-corrected chi connectivity index (χ4v) is 4.33. The molecule has 5 aromatic rings. The summed E-state index contributed by atoms with van der Waals surface area (Å²) in [6.07, 6.45) is 3.76. The summed E-state index contributed by atoms with van der Waals surface area (Å²) in [6, 6.07) is 24.8. The van der Waals surface area contributed by atoms with Crippen molar-refractivity contribution in [3.63, 3.8) is 0 Å². The molecule has 0 saturated carbocycles. The molecule has 5 heteroatoms. The van der Waals surface area contributed by atoms with Gasteiger partial charge >= 0.3 is 0 Å². The van der Waals surface area contributed by atoms with Gasteiger partial charge in [-0.05, 0) is 42.6 Å². The number of fused-ring (bicyclic) bond motifs is 1. The molecule has 0 unspecified atom stereocenters. The SMILES string of the molecule is Cc1nc(Nc2ccccc2)cc(-c2cncc(-c3cc4ccccc4s3)c2)n1. The van der Waals surface area contributed by atoms with E-state index in [0.29, 0.717) is 5.82 Å². The summed E-state index contributed by atoms with van der Waals surface area (Å²) in [4.78, 5) is 14.8. The topological polar surface area (TPSA) is 50.7 Å². The normalized spacial score (nSPS) is 10.9. The van der Waals surface area contributed by atoms with Crippen molar-refractivity contribution in [1.29, 1.82) is 0 Å². The van der Waals surface area contributed by atoms with Gasteiger partial charge in [-0.15, -0.1) is 11.3 Å². The second-order valence-corrected chi connectivity index (χ2v) is 7.87. The molecule has 5 rings (SSSR count). The quantitative estimate of drug-likeness (QED) is 0.379. The Hall–Kier alpha value is -3.57. The number of nitrogens with zero attached hydrogens (tertiary/aromatic N) is 3. The highest BCUT2D eigenvalue weighted by Gasteiger charge is 2.09. The summed E-state index contributed by atoms with van der Waals surface area (Å²) in [6.45, 7) is 1.91. The maximum absolute atomic E-state index is 4.64. The Morgan fingerprint density at radius 3 is 2.45 bits per heavy atom. The first kappa shape index (κ1) is 17.5. The first-order valence-electron chi connectivity index (χ1n) is 9.37. The number of pyridine rings is 1. The number of anilines is 2. The van der Waals surface area contributed by atoms with Crippen LogP contribution in [-0.2, 0) is 0 Å². The smallest absolute Gasteiger partial charge is 0.134 e. The zero-order valence-corrected chi connectivity index (χ0v) is 16.6. The van der Waals surface area contributed by atoms with Gasteiger partial charge in [0, 0.05) is 44.9 Å². The molecule has 0 aliphatic carbocycles. The summed E-state index contributed by atoms with van der Waals surface area (Å²) >= 11 is 1.78. The number of aromatic nitrogens is 3. The lowest BCUT2D eigenvalue weighted by Crippen LogP contribution is -1.99. The Balaban J connectivity index is 1.52. The second kappa shape index (κ2) is 7.45. The van der Waals surface area contributed by atoms with Crippen molar-refractivity contribution in [2.75, 3.05) is 5.32 Å². The van der Waals surface area contributed by atoms with Crippen molar-refractivity contribution in [3.05, 3.63) is 91.0 Å². The summed E-state index contributed by atoms with van der Waals surface area (Å²) in [5.74, 6) is 1.49. The molecule has 0 fully saturated rings. The van der Waals surface area contributed by atoms with Gasteiger partial charge in [-0.25, -0.2) is 9.97 Å². The third-order valence-electron chi connectivity index (χ3n) is 4.63. The number of hydrogen-bond acceptors (Lipinski definition) is 5. The third-order valence-corrected chi connectivity index (χ3v) is 5.79. The molecule has 0 atom stereocenters. The van der Waals surface area contributed by atoms with E-state index in [4.69, 9.17) is 0 Å². The van der Waals surface area contributed by atoms with Crippen LogP contribution in [0.1, 0.15) is 5.82 Å². The molecule has 29 heavy (non-hydrogen) atoms. The van der Waals surface area contributed by atoms with Crippen LogP contribution in [0.25, 0.3) is 31.8 Å². The van der Waals surface area contributed by atoms with Crippen LogP contribution in [0.5, 0.6) is 0 Å². The highest BCUT2D eigenvalue weighted by atomic mass is 32.1. The van der Waals surface area contributed by atoms with Gasteiger partial charge in [0.2, 0.25) is 0 Å². The molecule has 0 spiro atoms. The van der Waals surface area contributed by atoms with E-state index in [-0.39, 0.29) is 0 Å². The molecule has 3 aromatic heterocycles. The minimum absolute atomic E-state index is 0.716. The minimum Gasteiger partial charge on any atom is -0.340 e. The molecule has 0 saturated heterocycles. The van der Waals surface area contributed by atoms with Gasteiger partial charge < -0.3 is 5.32 Å². The van der Waals surface area contributed by atoms with Crippen LogP contribution in [0.15, 0.2) is 85.2 Å². The summed E-state index contributed by atoms with van der Waals surface area (Å²) < 4.78 is 1.28. The maximum atomic E-state index is 4.64. The fraction of sp³-hybridized carbons (Fsp3) is 0.0417. The van der Waals surface area contributed by atoms with Gasteiger partial charge in [0.15, 0.2) is 0 Å². The van der Waals surface area contributed by atoms with Crippen LogP contribution in [0, 0.1) is 6.92 Å². The summed E-state index contributed by atoms with van der Waals surface area (Å²) in [7, 11) is 0. The molecule has 140 valence electrons. The molecule has 0 aliphatic heterocycles. The van der Waals surface area contributed by atoms with Gasteiger partial charge in [-0.2, -0.15) is 0 Å². The van der Waals surface area contributed by atoms with E-state index >= 15 is 0 Å². The Morgan fingerprint density at radius 1 is 0.793 bits per heavy atom. The molecule has 4 nitrogen and oxygen atoms in total. The number of thiophene rings is 1. The maximum Gasteiger partial charge on any atom is 0.134 e. The zero-order valence-electron chi connectivity index (χ0n) is 15.8. The predicted molar refractivity (Wildman–Crippen MR) is 121 cm³/mol. The third kappa shape index (κ3) is 3.73. The molecule has 2 aromatic carbocycles. The summed E-state index contributed by atoms with van der Waals surface area (Å²) in [5.41, 5.74) is 3.92. The van der Waals surface area contributed by atoms with E-state index in [1.54, 1.807) is 11.3 Å². The molecule has 0 aliphatic rings. The van der Waals surface area contributed by atoms with Gasteiger partial charge in [0.1, 0.15) is 11.6 Å². The van der Waals surface area contributed by atoms with Crippen molar-refractivity contribution in [1.82, 2.24) is 15.0 Å². The van der Waals surface area contributed by atoms with Crippen molar-refractivity contribution < 1.29 is 0 Å². The fourth-order valence-electron chi connectivity index (χ4n) is 3.29. The Kier molecular flexibility index (Phi) is 4.50. The Bertz CT molecular complexity index is 1260. The lowest BCUT2D eigenvalue weighted by molar-refractivity contribution is 1.06. The number of rotatable bonds is 4. The Morgan fingerprint density at radius 2 is 1.59 bits per heavy atom. The number of benzene rings is 2. The molecule has 1 N–H and O–H groups in total. The lowest BCUT2D eigenvalue weighted by atomic mass is 10.1. The van der Waals surface area contributed by atoms with Crippen LogP contribution in [0.3, 0.4) is 0 Å². The zero-order chi connectivity index (χ0) is 19.6. The van der Waals surface area contributed by atoms with Gasteiger partial charge in [0.25, 0.3) is 0 Å². The summed E-state index contributed by atoms with van der Waals surface area (Å²) in [5, 5.41) is 4.60. The monoisotopic (exact) mass is 394 g/mol. The van der Waals surface area contributed by atoms with Gasteiger partial charge in [-0.3, -0.25) is 4.98 Å². The minimum atomic E-state index is 0.716. The standard InChI is InChI=1S/C24H18N4S/c1-16-26-21(13-24(27-16)28-20-8-3-2-4-9-20)18-11-19(15-25-14-18)23-12-17-7-5-6-10-22(17)29-23/h2-15H,1H3,(H,26,27,28).